The van der Waals surface area contributed by atoms with Gasteiger partial charge in [0.1, 0.15) is 10.8 Å². The number of carbonyl (C=O) groups is 1. The van der Waals surface area contributed by atoms with Crippen molar-refractivity contribution in [2.75, 3.05) is 5.32 Å². The fourth-order valence-corrected chi connectivity index (χ4v) is 7.48. The first-order chi connectivity index (χ1) is 20.6. The zero-order chi connectivity index (χ0) is 30.3. The van der Waals surface area contributed by atoms with Crippen LogP contribution in [0.1, 0.15) is 64.8 Å². The molecule has 0 spiro atoms. The van der Waals surface area contributed by atoms with E-state index in [0.717, 1.165) is 57.6 Å². The van der Waals surface area contributed by atoms with Gasteiger partial charge in [-0.25, -0.2) is 9.38 Å². The van der Waals surface area contributed by atoms with Crippen molar-refractivity contribution in [3.63, 3.8) is 0 Å². The van der Waals surface area contributed by atoms with Gasteiger partial charge in [-0.05, 0) is 91.1 Å². The molecule has 0 aliphatic heterocycles. The van der Waals surface area contributed by atoms with Crippen LogP contribution in [0.15, 0.2) is 77.8 Å². The second kappa shape index (κ2) is 11.7. The van der Waals surface area contributed by atoms with Gasteiger partial charge in [-0.3, -0.25) is 4.79 Å². The van der Waals surface area contributed by atoms with E-state index in [1.807, 2.05) is 42.6 Å². The minimum absolute atomic E-state index is 0.142. The van der Waals surface area contributed by atoms with Gasteiger partial charge in [0.2, 0.25) is 0 Å². The van der Waals surface area contributed by atoms with Gasteiger partial charge in [0.05, 0.1) is 5.56 Å². The lowest BCUT2D eigenvalue weighted by Gasteiger charge is -2.33. The highest BCUT2D eigenvalue weighted by Gasteiger charge is 2.33. The monoisotopic (exact) mass is 611 g/mol. The molecule has 0 saturated carbocycles. The van der Waals surface area contributed by atoms with Crippen molar-refractivity contribution >= 4 is 56.7 Å². The van der Waals surface area contributed by atoms with Gasteiger partial charge >= 0.3 is 0 Å². The van der Waals surface area contributed by atoms with Crippen LogP contribution in [-0.4, -0.2) is 16.7 Å². The van der Waals surface area contributed by atoms with Gasteiger partial charge in [0.25, 0.3) is 5.91 Å². The number of rotatable bonds is 6. The van der Waals surface area contributed by atoms with Gasteiger partial charge in [0.15, 0.2) is 0 Å². The van der Waals surface area contributed by atoms with Crippen LogP contribution in [0.3, 0.4) is 0 Å². The van der Waals surface area contributed by atoms with Crippen LogP contribution >= 0.6 is 22.9 Å². The number of amides is 1. The number of hydrogen-bond acceptors (Lipinski definition) is 3. The number of nitrogens with one attached hydrogen (secondary N) is 1. The summed E-state index contributed by atoms with van der Waals surface area (Å²) < 4.78 is 15.8. The maximum absolute atomic E-state index is 13.8. The van der Waals surface area contributed by atoms with Crippen LogP contribution < -0.4 is 5.32 Å². The van der Waals surface area contributed by atoms with Crippen LogP contribution in [0.5, 0.6) is 0 Å². The largest absolute Gasteiger partial charge is 0.340 e. The van der Waals surface area contributed by atoms with Gasteiger partial charge in [-0.1, -0.05) is 62.7 Å². The third-order valence-electron chi connectivity index (χ3n) is 8.65. The number of thiophene rings is 1. The number of aromatic nitrogens is 1. The average molecular weight is 612 g/mol. The van der Waals surface area contributed by atoms with E-state index in [1.54, 1.807) is 23.5 Å². The predicted molar refractivity (Wildman–Crippen MR) is 178 cm³/mol. The van der Waals surface area contributed by atoms with Crippen molar-refractivity contribution in [3.8, 4) is 0 Å². The Morgan fingerprint density at radius 2 is 1.81 bits per heavy atom. The average Bonchev–Trinajstić information content (AvgIpc) is 3.48. The fraction of sp³-hybridized carbons (Fsp3) is 0.278. The van der Waals surface area contributed by atoms with Gasteiger partial charge in [-0.15, -0.1) is 11.3 Å². The number of para-hydroxylation sites is 1. The molecule has 220 valence electrons. The number of fused-ring (bicyclic) bond motifs is 2. The van der Waals surface area contributed by atoms with Crippen molar-refractivity contribution in [2.45, 2.75) is 53.5 Å². The molecule has 1 aliphatic rings. The first-order valence-corrected chi connectivity index (χ1v) is 15.9. The van der Waals surface area contributed by atoms with E-state index in [9.17, 15) is 9.18 Å². The molecule has 0 saturated heterocycles. The van der Waals surface area contributed by atoms with Crippen molar-refractivity contribution in [2.24, 2.45) is 16.3 Å². The summed E-state index contributed by atoms with van der Waals surface area (Å²) in [5.41, 5.74) is 6.88. The quantitative estimate of drug-likeness (QED) is 0.191. The zero-order valence-corrected chi connectivity index (χ0v) is 26.5. The number of nitrogens with zero attached hydrogens (tertiary/aromatic N) is 2. The van der Waals surface area contributed by atoms with Crippen LogP contribution in [0.25, 0.3) is 10.9 Å². The lowest BCUT2D eigenvalue weighted by atomic mass is 9.72. The number of anilines is 1. The number of aliphatic imine (C=N–C) groups is 1. The number of carbonyl (C=O) groups excluding carboxylic acids is 1. The van der Waals surface area contributed by atoms with E-state index in [0.29, 0.717) is 28.7 Å². The molecule has 7 heteroatoms. The standard InChI is InChI=1S/C36H35ClFN3OS/c1-22-30(28-7-5-6-8-31(28)41(22)21-23-9-14-26(38)15-10-23)20-39-35-33(34(42)40-27-16-12-25(37)13-17-27)29-18-11-24(36(2,3)4)19-32(29)43-35/h5-10,12-17,20,24H,11,18-19,21H2,1-4H3,(H,40,42)/t24-/m0/s1. The summed E-state index contributed by atoms with van der Waals surface area (Å²) in [7, 11) is 0. The molecular formula is C36H35ClFN3OS. The number of halogens is 2. The molecule has 1 amide bonds. The van der Waals surface area contributed by atoms with Gasteiger partial charge in [-0.2, -0.15) is 0 Å². The molecule has 1 aliphatic carbocycles. The lowest BCUT2D eigenvalue weighted by Crippen LogP contribution is -2.27. The minimum atomic E-state index is -0.242. The van der Waals surface area contributed by atoms with Crippen LogP contribution in [0.2, 0.25) is 5.02 Å². The summed E-state index contributed by atoms with van der Waals surface area (Å²) in [6, 6.07) is 22.1. The molecule has 5 aromatic rings. The molecule has 6 rings (SSSR count). The minimum Gasteiger partial charge on any atom is -0.340 e. The molecule has 0 radical (unpaired) electrons. The van der Waals surface area contributed by atoms with Crippen molar-refractivity contribution < 1.29 is 9.18 Å². The molecule has 3 aromatic carbocycles. The third kappa shape index (κ3) is 6.04. The smallest absolute Gasteiger partial charge is 0.259 e. The summed E-state index contributed by atoms with van der Waals surface area (Å²) in [4.78, 5) is 20.1. The first kappa shape index (κ1) is 29.3. The molecule has 4 nitrogen and oxygen atoms in total. The highest BCUT2D eigenvalue weighted by molar-refractivity contribution is 7.16. The highest BCUT2D eigenvalue weighted by atomic mass is 35.5. The Labute approximate surface area is 261 Å². The molecule has 0 unspecified atom stereocenters. The molecule has 1 atom stereocenters. The Bertz CT molecular complexity index is 1830. The van der Waals surface area contributed by atoms with E-state index in [4.69, 9.17) is 16.6 Å². The van der Waals surface area contributed by atoms with Crippen LogP contribution in [0.4, 0.5) is 15.1 Å². The van der Waals surface area contributed by atoms with Crippen molar-refractivity contribution in [1.82, 2.24) is 4.57 Å². The molecular weight excluding hydrogens is 577 g/mol. The van der Waals surface area contributed by atoms with Gasteiger partial charge in [0, 0.05) is 50.5 Å². The molecule has 2 heterocycles. The molecule has 1 N–H and O–H groups in total. The van der Waals surface area contributed by atoms with Gasteiger partial charge < -0.3 is 9.88 Å². The van der Waals surface area contributed by atoms with Crippen LogP contribution in [-0.2, 0) is 19.4 Å². The van der Waals surface area contributed by atoms with Crippen LogP contribution in [0, 0.1) is 24.1 Å². The normalized spacial score (nSPS) is 15.3. The topological polar surface area (TPSA) is 46.4 Å². The lowest BCUT2D eigenvalue weighted by molar-refractivity contribution is 0.102. The molecule has 43 heavy (non-hydrogen) atoms. The van der Waals surface area contributed by atoms with E-state index in [-0.39, 0.29) is 17.1 Å². The maximum atomic E-state index is 13.8. The Kier molecular flexibility index (Phi) is 8.01. The summed E-state index contributed by atoms with van der Waals surface area (Å²) in [6.45, 7) is 9.61. The second-order valence-corrected chi connectivity index (χ2v) is 14.0. The van der Waals surface area contributed by atoms with Crippen molar-refractivity contribution in [3.05, 3.63) is 116 Å². The second-order valence-electron chi connectivity index (χ2n) is 12.4. The summed E-state index contributed by atoms with van der Waals surface area (Å²) in [6.07, 6.45) is 4.78. The molecule has 0 fully saturated rings. The predicted octanol–water partition coefficient (Wildman–Crippen LogP) is 10.0. The Morgan fingerprint density at radius 1 is 1.09 bits per heavy atom. The summed E-state index contributed by atoms with van der Waals surface area (Å²) in [5.74, 6) is 0.167. The van der Waals surface area contributed by atoms with E-state index < -0.39 is 0 Å². The Hall–Kier alpha value is -3.74. The first-order valence-electron chi connectivity index (χ1n) is 14.7. The fourth-order valence-electron chi connectivity index (χ4n) is 6.08. The van der Waals surface area contributed by atoms with E-state index in [1.165, 1.54) is 17.0 Å². The number of benzene rings is 3. The van der Waals surface area contributed by atoms with E-state index in [2.05, 4.69) is 49.7 Å². The maximum Gasteiger partial charge on any atom is 0.259 e. The summed E-state index contributed by atoms with van der Waals surface area (Å²) >= 11 is 7.72. The molecule has 0 bridgehead atoms. The SMILES string of the molecule is Cc1c(C=Nc2sc3c(c2C(=O)Nc2ccc(Cl)cc2)CC[C@H](C(C)(C)C)C3)c2ccccc2n1Cc1ccc(F)cc1. The number of hydrogen-bond donors (Lipinski definition) is 1. The Balaban J connectivity index is 1.40. The third-order valence-corrected chi connectivity index (χ3v) is 10.1. The van der Waals surface area contributed by atoms with E-state index >= 15 is 0 Å². The molecule has 2 aromatic heterocycles. The zero-order valence-electron chi connectivity index (χ0n) is 24.9. The van der Waals surface area contributed by atoms with Crippen molar-refractivity contribution in [1.29, 1.82) is 0 Å². The Morgan fingerprint density at radius 3 is 2.53 bits per heavy atom. The highest BCUT2D eigenvalue weighted by Crippen LogP contribution is 2.45. The summed E-state index contributed by atoms with van der Waals surface area (Å²) in [5, 5.41) is 5.53.